The summed E-state index contributed by atoms with van der Waals surface area (Å²) in [7, 11) is -4.09. The molecule has 0 spiro atoms. The molecule has 0 radical (unpaired) electrons. The van der Waals surface area contributed by atoms with Crippen molar-refractivity contribution >= 4 is 10.1 Å². The van der Waals surface area contributed by atoms with E-state index in [4.69, 9.17) is 5.11 Å². The predicted molar refractivity (Wildman–Crippen MR) is 100 cm³/mol. The summed E-state index contributed by atoms with van der Waals surface area (Å²) in [4.78, 5) is 0. The molecule has 2 unspecified atom stereocenters. The van der Waals surface area contributed by atoms with Gasteiger partial charge in [-0.1, -0.05) is 83.5 Å². The van der Waals surface area contributed by atoms with Crippen molar-refractivity contribution in [3.05, 3.63) is 0 Å². The third-order valence-electron chi connectivity index (χ3n) is 4.73. The number of unbranched alkanes of at least 4 members (excludes halogenated alkanes) is 12. The van der Waals surface area contributed by atoms with Crippen LogP contribution in [0.4, 0.5) is 0 Å². The van der Waals surface area contributed by atoms with Gasteiger partial charge < -0.3 is 9.66 Å². The molecule has 0 heterocycles. The van der Waals surface area contributed by atoms with E-state index in [-0.39, 0.29) is 35.7 Å². The number of hydrogen-bond acceptors (Lipinski definition) is 4. The molecule has 0 aromatic rings. The number of aliphatic hydroxyl groups excluding tert-OH is 1. The van der Waals surface area contributed by atoms with Crippen LogP contribution < -0.4 is 29.6 Å². The van der Waals surface area contributed by atoms with Gasteiger partial charge in [0.15, 0.2) is 0 Å². The Kier molecular flexibility index (Phi) is 20.5. The van der Waals surface area contributed by atoms with Crippen LogP contribution in [0.3, 0.4) is 0 Å². The Bertz CT molecular complexity index is 372. The second kappa shape index (κ2) is 18.2. The van der Waals surface area contributed by atoms with E-state index in [2.05, 4.69) is 0 Å². The van der Waals surface area contributed by atoms with Crippen LogP contribution in [0.5, 0.6) is 0 Å². The van der Waals surface area contributed by atoms with Gasteiger partial charge in [0.2, 0.25) is 0 Å². The van der Waals surface area contributed by atoms with Gasteiger partial charge in [-0.2, -0.15) is 0 Å². The molecule has 146 valence electrons. The number of rotatable bonds is 17. The molecule has 6 heteroatoms. The monoisotopic (exact) mass is 386 g/mol. The van der Waals surface area contributed by atoms with E-state index >= 15 is 0 Å². The first-order valence-electron chi connectivity index (χ1n) is 9.97. The van der Waals surface area contributed by atoms with E-state index in [1.54, 1.807) is 0 Å². The first-order chi connectivity index (χ1) is 11.3. The fraction of sp³-hybridized carbons (Fsp3) is 1.00. The van der Waals surface area contributed by atoms with Crippen LogP contribution in [-0.4, -0.2) is 29.4 Å². The minimum atomic E-state index is -4.09. The zero-order chi connectivity index (χ0) is 18.3. The van der Waals surface area contributed by atoms with Crippen LogP contribution in [0.15, 0.2) is 0 Å². The average Bonchev–Trinajstić information content (AvgIpc) is 2.49. The van der Waals surface area contributed by atoms with Gasteiger partial charge in [-0.25, -0.2) is 8.42 Å². The number of hydrogen-bond donors (Lipinski definition) is 1. The van der Waals surface area contributed by atoms with E-state index < -0.39 is 15.4 Å². The van der Waals surface area contributed by atoms with Crippen molar-refractivity contribution < 1.29 is 47.6 Å². The van der Waals surface area contributed by atoms with Crippen LogP contribution in [0.1, 0.15) is 110 Å². The molecule has 4 nitrogen and oxygen atoms in total. The van der Waals surface area contributed by atoms with Gasteiger partial charge in [0.05, 0.1) is 16.2 Å². The molecular formula is C19H39NaO4S. The Morgan fingerprint density at radius 3 is 1.24 bits per heavy atom. The van der Waals surface area contributed by atoms with Crippen LogP contribution in [0.2, 0.25) is 0 Å². The Labute approximate surface area is 178 Å². The molecule has 0 amide bonds. The third-order valence-corrected chi connectivity index (χ3v) is 5.95. The zero-order valence-corrected chi connectivity index (χ0v) is 19.7. The summed E-state index contributed by atoms with van der Waals surface area (Å²) in [6.07, 6.45) is 17.1. The molecule has 0 aromatic heterocycles. The minimum Gasteiger partial charge on any atom is -0.748 e. The zero-order valence-electron chi connectivity index (χ0n) is 16.8. The van der Waals surface area contributed by atoms with E-state index in [0.29, 0.717) is 6.42 Å². The van der Waals surface area contributed by atoms with Gasteiger partial charge in [0.1, 0.15) is 0 Å². The topological polar surface area (TPSA) is 77.4 Å². The fourth-order valence-electron chi connectivity index (χ4n) is 2.96. The Hall–Kier alpha value is 0.870. The molecule has 0 aliphatic carbocycles. The van der Waals surface area contributed by atoms with Crippen LogP contribution in [0.25, 0.3) is 0 Å². The maximum atomic E-state index is 10.8. The molecule has 0 bridgehead atoms. The minimum absolute atomic E-state index is 0. The summed E-state index contributed by atoms with van der Waals surface area (Å²) in [5.74, 6) is 0. The summed E-state index contributed by atoms with van der Waals surface area (Å²) in [6, 6.07) is 0. The van der Waals surface area contributed by atoms with Crippen LogP contribution >= 0.6 is 0 Å². The second-order valence-electron chi connectivity index (χ2n) is 7.33. The molecule has 0 aliphatic rings. The molecule has 1 N–H and O–H groups in total. The Morgan fingerprint density at radius 2 is 0.960 bits per heavy atom. The fourth-order valence-corrected chi connectivity index (χ4v) is 3.42. The predicted octanol–water partition coefficient (Wildman–Crippen LogP) is 2.16. The van der Waals surface area contributed by atoms with E-state index in [0.717, 1.165) is 32.1 Å². The van der Waals surface area contributed by atoms with Crippen LogP contribution in [0, 0.1) is 0 Å². The molecule has 0 saturated carbocycles. The standard InChI is InChI=1S/C19H40O4S.Na/c1-18(20)16-14-12-10-8-6-4-3-5-7-9-11-13-15-17-19(2)24(21,22)23;/h18-20H,3-17H2,1-2H3,(H,21,22,23);/q;+1/p-1. The van der Waals surface area contributed by atoms with Crippen molar-refractivity contribution in [3.8, 4) is 0 Å². The normalized spacial score (nSPS) is 14.1. The first-order valence-corrected chi connectivity index (χ1v) is 11.4. The van der Waals surface area contributed by atoms with Gasteiger partial charge >= 0.3 is 29.6 Å². The van der Waals surface area contributed by atoms with Gasteiger partial charge in [-0.05, 0) is 26.7 Å². The summed E-state index contributed by atoms with van der Waals surface area (Å²) >= 11 is 0. The van der Waals surface area contributed by atoms with E-state index in [9.17, 15) is 13.0 Å². The molecular weight excluding hydrogens is 347 g/mol. The van der Waals surface area contributed by atoms with Crippen molar-refractivity contribution in [1.29, 1.82) is 0 Å². The SMILES string of the molecule is CC(O)CCCCCCCCCCCCCCCC(C)S(=O)(=O)[O-].[Na+]. The molecule has 0 rings (SSSR count). The first kappa shape index (κ1) is 28.1. The van der Waals surface area contributed by atoms with Gasteiger partial charge in [0, 0.05) is 5.25 Å². The smallest absolute Gasteiger partial charge is 0.748 e. The molecule has 2 atom stereocenters. The van der Waals surface area contributed by atoms with Crippen molar-refractivity contribution in [3.63, 3.8) is 0 Å². The van der Waals surface area contributed by atoms with Gasteiger partial charge in [-0.15, -0.1) is 0 Å². The largest absolute Gasteiger partial charge is 1.00 e. The van der Waals surface area contributed by atoms with Crippen LogP contribution in [-0.2, 0) is 10.1 Å². The Morgan fingerprint density at radius 1 is 0.680 bits per heavy atom. The number of aliphatic hydroxyl groups is 1. The quantitative estimate of drug-likeness (QED) is 0.236. The maximum absolute atomic E-state index is 10.8. The molecule has 0 fully saturated rings. The van der Waals surface area contributed by atoms with Crippen molar-refractivity contribution in [2.45, 2.75) is 122 Å². The van der Waals surface area contributed by atoms with Gasteiger partial charge in [0.25, 0.3) is 0 Å². The van der Waals surface area contributed by atoms with E-state index in [1.165, 1.54) is 64.7 Å². The third kappa shape index (κ3) is 21.0. The second-order valence-corrected chi connectivity index (χ2v) is 9.12. The van der Waals surface area contributed by atoms with Crippen molar-refractivity contribution in [1.82, 2.24) is 0 Å². The van der Waals surface area contributed by atoms with Crippen molar-refractivity contribution in [2.75, 3.05) is 0 Å². The summed E-state index contributed by atoms with van der Waals surface area (Å²) in [6.45, 7) is 3.37. The summed E-state index contributed by atoms with van der Waals surface area (Å²) in [5, 5.41) is 8.43. The molecule has 0 saturated heterocycles. The molecule has 0 aliphatic heterocycles. The van der Waals surface area contributed by atoms with E-state index in [1.807, 2.05) is 6.92 Å². The van der Waals surface area contributed by atoms with Gasteiger partial charge in [-0.3, -0.25) is 0 Å². The maximum Gasteiger partial charge on any atom is 1.00 e. The van der Waals surface area contributed by atoms with Crippen molar-refractivity contribution in [2.24, 2.45) is 0 Å². The average molecular weight is 387 g/mol. The molecule has 25 heavy (non-hydrogen) atoms. The summed E-state index contributed by atoms with van der Waals surface area (Å²) < 4.78 is 32.3. The Balaban J connectivity index is 0. The summed E-state index contributed by atoms with van der Waals surface area (Å²) in [5.41, 5.74) is 0. The molecule has 0 aromatic carbocycles.